The molecule has 0 radical (unpaired) electrons. The van der Waals surface area contributed by atoms with E-state index in [1.165, 1.54) is 4.88 Å². The molecule has 1 unspecified atom stereocenters. The van der Waals surface area contributed by atoms with Crippen LogP contribution in [0.15, 0.2) is 15.9 Å². The number of alkyl halides is 1. The Balaban J connectivity index is 2.60. The van der Waals surface area contributed by atoms with Gasteiger partial charge in [0.1, 0.15) is 0 Å². The summed E-state index contributed by atoms with van der Waals surface area (Å²) in [6.45, 7) is 2.15. The second kappa shape index (κ2) is 4.48. The van der Waals surface area contributed by atoms with E-state index >= 15 is 0 Å². The van der Waals surface area contributed by atoms with Gasteiger partial charge in [0.15, 0.2) is 0 Å². The van der Waals surface area contributed by atoms with E-state index in [0.29, 0.717) is 0 Å². The maximum atomic E-state index is 6.11. The molecule has 0 amide bonds. The molecule has 62 valence electrons. The first-order chi connectivity index (χ1) is 5.24. The molecule has 0 aromatic carbocycles. The third-order valence-corrected chi connectivity index (χ3v) is 3.83. The predicted molar refractivity (Wildman–Crippen MR) is 55.5 cm³/mol. The molecule has 1 rings (SSSR count). The van der Waals surface area contributed by atoms with E-state index in [9.17, 15) is 0 Å². The smallest absolute Gasteiger partial charge is 0.0678 e. The summed E-state index contributed by atoms with van der Waals surface area (Å²) < 4.78 is 1.14. The summed E-state index contributed by atoms with van der Waals surface area (Å²) in [7, 11) is 0. The van der Waals surface area contributed by atoms with Crippen LogP contribution in [0.25, 0.3) is 0 Å². The SMILES string of the molecule is CCCC(Cl)c1cc(Br)cs1. The Kier molecular flexibility index (Phi) is 3.90. The van der Waals surface area contributed by atoms with Gasteiger partial charge in [-0.05, 0) is 28.4 Å². The fraction of sp³-hybridized carbons (Fsp3) is 0.500. The van der Waals surface area contributed by atoms with Crippen LogP contribution in [-0.2, 0) is 0 Å². The molecule has 0 aliphatic rings. The van der Waals surface area contributed by atoms with Gasteiger partial charge in [-0.15, -0.1) is 22.9 Å². The highest BCUT2D eigenvalue weighted by atomic mass is 79.9. The van der Waals surface area contributed by atoms with Crippen molar-refractivity contribution in [3.8, 4) is 0 Å². The Morgan fingerprint density at radius 2 is 2.45 bits per heavy atom. The molecule has 0 N–H and O–H groups in total. The van der Waals surface area contributed by atoms with Crippen LogP contribution in [0, 0.1) is 0 Å². The van der Waals surface area contributed by atoms with Crippen LogP contribution in [0.5, 0.6) is 0 Å². The van der Waals surface area contributed by atoms with Crippen molar-refractivity contribution in [2.75, 3.05) is 0 Å². The highest BCUT2D eigenvalue weighted by Crippen LogP contribution is 2.32. The van der Waals surface area contributed by atoms with E-state index in [1.807, 2.05) is 0 Å². The summed E-state index contributed by atoms with van der Waals surface area (Å²) in [5.41, 5.74) is 0. The standard InChI is InChI=1S/C8H10BrClS/c1-2-3-7(10)8-4-6(9)5-11-8/h4-5,7H,2-3H2,1H3. The van der Waals surface area contributed by atoms with Crippen molar-refractivity contribution in [2.24, 2.45) is 0 Å². The predicted octanol–water partition coefficient (Wildman–Crippen LogP) is 4.59. The average Bonchev–Trinajstić information content (AvgIpc) is 2.36. The summed E-state index contributed by atoms with van der Waals surface area (Å²) in [6, 6.07) is 2.10. The van der Waals surface area contributed by atoms with Crippen LogP contribution >= 0.6 is 38.9 Å². The molecule has 0 saturated carbocycles. The Morgan fingerprint density at radius 3 is 2.91 bits per heavy atom. The molecule has 0 aliphatic carbocycles. The number of thiophene rings is 1. The second-order valence-corrected chi connectivity index (χ2v) is 4.81. The fourth-order valence-corrected chi connectivity index (χ4v) is 2.78. The lowest BCUT2D eigenvalue weighted by atomic mass is 10.2. The zero-order valence-corrected chi connectivity index (χ0v) is 9.47. The molecule has 0 aliphatic heterocycles. The van der Waals surface area contributed by atoms with Crippen molar-refractivity contribution < 1.29 is 0 Å². The molecule has 1 aromatic rings. The summed E-state index contributed by atoms with van der Waals surface area (Å²) in [6.07, 6.45) is 2.21. The highest BCUT2D eigenvalue weighted by molar-refractivity contribution is 9.10. The molecule has 3 heteroatoms. The molecule has 0 fully saturated rings. The topological polar surface area (TPSA) is 0 Å². The normalized spacial score (nSPS) is 13.4. The third-order valence-electron chi connectivity index (χ3n) is 1.44. The van der Waals surface area contributed by atoms with Crippen LogP contribution in [0.2, 0.25) is 0 Å². The molecule has 1 atom stereocenters. The molecule has 0 bridgehead atoms. The van der Waals surface area contributed by atoms with Gasteiger partial charge < -0.3 is 0 Å². The zero-order valence-electron chi connectivity index (χ0n) is 6.31. The maximum Gasteiger partial charge on any atom is 0.0678 e. The quantitative estimate of drug-likeness (QED) is 0.691. The van der Waals surface area contributed by atoms with Crippen molar-refractivity contribution >= 4 is 38.9 Å². The van der Waals surface area contributed by atoms with E-state index in [0.717, 1.165) is 17.3 Å². The van der Waals surface area contributed by atoms with Gasteiger partial charge in [0.05, 0.1) is 5.38 Å². The fourth-order valence-electron chi connectivity index (χ4n) is 0.888. The first kappa shape index (κ1) is 9.56. The largest absolute Gasteiger partial charge is 0.146 e. The van der Waals surface area contributed by atoms with E-state index in [4.69, 9.17) is 11.6 Å². The van der Waals surface area contributed by atoms with E-state index in [1.54, 1.807) is 11.3 Å². The number of hydrogen-bond donors (Lipinski definition) is 0. The first-order valence-electron chi connectivity index (χ1n) is 3.62. The van der Waals surface area contributed by atoms with Crippen LogP contribution in [0.3, 0.4) is 0 Å². The Morgan fingerprint density at radius 1 is 1.73 bits per heavy atom. The Hall–Kier alpha value is 0.470. The summed E-state index contributed by atoms with van der Waals surface area (Å²) in [4.78, 5) is 1.26. The lowest BCUT2D eigenvalue weighted by Crippen LogP contribution is -1.83. The van der Waals surface area contributed by atoms with E-state index in [-0.39, 0.29) is 5.38 Å². The molecular weight excluding hydrogens is 244 g/mol. The average molecular weight is 254 g/mol. The Bertz CT molecular complexity index is 222. The maximum absolute atomic E-state index is 6.11. The molecule has 1 heterocycles. The lowest BCUT2D eigenvalue weighted by molar-refractivity contribution is 0.780. The van der Waals surface area contributed by atoms with E-state index in [2.05, 4.69) is 34.3 Å². The zero-order chi connectivity index (χ0) is 8.27. The van der Waals surface area contributed by atoms with Gasteiger partial charge in [-0.25, -0.2) is 0 Å². The molecule has 0 nitrogen and oxygen atoms in total. The monoisotopic (exact) mass is 252 g/mol. The van der Waals surface area contributed by atoms with Crippen LogP contribution < -0.4 is 0 Å². The molecule has 0 saturated heterocycles. The minimum Gasteiger partial charge on any atom is -0.146 e. The Labute approximate surface area is 84.7 Å². The van der Waals surface area contributed by atoms with Gasteiger partial charge in [0, 0.05) is 14.7 Å². The second-order valence-electron chi connectivity index (χ2n) is 2.42. The summed E-state index contributed by atoms with van der Waals surface area (Å²) in [5, 5.41) is 2.27. The number of hydrogen-bond acceptors (Lipinski definition) is 1. The lowest BCUT2D eigenvalue weighted by Gasteiger charge is -2.02. The van der Waals surface area contributed by atoms with Crippen molar-refractivity contribution in [1.29, 1.82) is 0 Å². The summed E-state index contributed by atoms with van der Waals surface area (Å²) >= 11 is 11.2. The van der Waals surface area contributed by atoms with Gasteiger partial charge >= 0.3 is 0 Å². The van der Waals surface area contributed by atoms with Gasteiger partial charge in [-0.1, -0.05) is 13.3 Å². The molecular formula is C8H10BrClS. The van der Waals surface area contributed by atoms with Crippen molar-refractivity contribution in [2.45, 2.75) is 25.1 Å². The van der Waals surface area contributed by atoms with Gasteiger partial charge in [-0.3, -0.25) is 0 Å². The van der Waals surface area contributed by atoms with Crippen LogP contribution in [-0.4, -0.2) is 0 Å². The van der Waals surface area contributed by atoms with Crippen molar-refractivity contribution in [1.82, 2.24) is 0 Å². The van der Waals surface area contributed by atoms with Gasteiger partial charge in [-0.2, -0.15) is 0 Å². The molecule has 1 aromatic heterocycles. The molecule has 0 spiro atoms. The third kappa shape index (κ3) is 2.77. The van der Waals surface area contributed by atoms with E-state index < -0.39 is 0 Å². The van der Waals surface area contributed by atoms with Gasteiger partial charge in [0.2, 0.25) is 0 Å². The summed E-state index contributed by atoms with van der Waals surface area (Å²) in [5.74, 6) is 0. The number of rotatable bonds is 3. The van der Waals surface area contributed by atoms with Crippen molar-refractivity contribution in [3.05, 3.63) is 20.8 Å². The van der Waals surface area contributed by atoms with Crippen molar-refractivity contribution in [3.63, 3.8) is 0 Å². The molecule has 11 heavy (non-hydrogen) atoms. The number of halogens is 2. The first-order valence-corrected chi connectivity index (χ1v) is 5.73. The van der Waals surface area contributed by atoms with Gasteiger partial charge in [0.25, 0.3) is 0 Å². The van der Waals surface area contributed by atoms with Crippen LogP contribution in [0.1, 0.15) is 30.0 Å². The van der Waals surface area contributed by atoms with Crippen LogP contribution in [0.4, 0.5) is 0 Å². The minimum absolute atomic E-state index is 0.205. The highest BCUT2D eigenvalue weighted by Gasteiger charge is 2.08. The minimum atomic E-state index is 0.205.